The van der Waals surface area contributed by atoms with Crippen molar-refractivity contribution in [2.45, 2.75) is 46.2 Å². The van der Waals surface area contributed by atoms with Crippen LogP contribution in [0.1, 0.15) is 38.9 Å². The molecule has 0 bridgehead atoms. The maximum absolute atomic E-state index is 12.1. The van der Waals surface area contributed by atoms with Gasteiger partial charge >= 0.3 is 5.97 Å². The molecule has 1 heterocycles. The second-order valence-corrected chi connectivity index (χ2v) is 5.26. The number of hydrogen-bond donors (Lipinski definition) is 2. The van der Waals surface area contributed by atoms with Crippen LogP contribution in [0.5, 0.6) is 0 Å². The lowest BCUT2D eigenvalue weighted by atomic mass is 10.1. The number of aromatic nitrogens is 2. The molecule has 1 amide bonds. The third-order valence-corrected chi connectivity index (χ3v) is 2.83. The van der Waals surface area contributed by atoms with Crippen molar-refractivity contribution in [3.8, 4) is 0 Å². The van der Waals surface area contributed by atoms with Gasteiger partial charge in [-0.15, -0.1) is 0 Å². The van der Waals surface area contributed by atoms with Crippen molar-refractivity contribution >= 4 is 11.9 Å². The molecular weight excluding hydrogens is 276 g/mol. The van der Waals surface area contributed by atoms with Crippen LogP contribution < -0.4 is 5.73 Å². The molecule has 1 aromatic heterocycles. The van der Waals surface area contributed by atoms with Crippen molar-refractivity contribution in [2.75, 3.05) is 6.54 Å². The molecule has 3 N–H and O–H groups in total. The highest BCUT2D eigenvalue weighted by Gasteiger charge is 2.23. The Morgan fingerprint density at radius 2 is 2.10 bits per heavy atom. The van der Waals surface area contributed by atoms with Gasteiger partial charge in [0, 0.05) is 13.0 Å². The van der Waals surface area contributed by atoms with Crippen LogP contribution in [0.3, 0.4) is 0 Å². The molecule has 0 saturated heterocycles. The Labute approximate surface area is 123 Å². The second kappa shape index (κ2) is 7.72. The normalized spacial score (nSPS) is 12.4. The minimum atomic E-state index is -1.11. The number of carbonyl (C=O) groups is 2. The Kier molecular flexibility index (Phi) is 6.29. The summed E-state index contributed by atoms with van der Waals surface area (Å²) in [6.07, 6.45) is 0.270. The van der Waals surface area contributed by atoms with E-state index in [1.54, 1.807) is 6.92 Å². The van der Waals surface area contributed by atoms with E-state index in [2.05, 4.69) is 10.1 Å². The molecule has 0 aromatic carbocycles. The summed E-state index contributed by atoms with van der Waals surface area (Å²) in [5.74, 6) is -0.228. The third kappa shape index (κ3) is 5.50. The Balaban J connectivity index is 2.66. The lowest BCUT2D eigenvalue weighted by molar-refractivity contribution is -0.142. The highest BCUT2D eigenvalue weighted by atomic mass is 16.5. The van der Waals surface area contributed by atoms with E-state index in [0.29, 0.717) is 30.6 Å². The number of nitrogens with zero attached hydrogens (tertiary/aromatic N) is 3. The van der Waals surface area contributed by atoms with Crippen LogP contribution in [0.4, 0.5) is 0 Å². The lowest BCUT2D eigenvalue weighted by Gasteiger charge is -2.22. The monoisotopic (exact) mass is 298 g/mol. The molecule has 8 nitrogen and oxygen atoms in total. The van der Waals surface area contributed by atoms with Crippen LogP contribution in [0, 0.1) is 5.92 Å². The van der Waals surface area contributed by atoms with E-state index in [4.69, 9.17) is 15.4 Å². The highest BCUT2D eigenvalue weighted by molar-refractivity contribution is 5.85. The smallest absolute Gasteiger partial charge is 0.305 e. The van der Waals surface area contributed by atoms with Crippen LogP contribution in [-0.2, 0) is 22.6 Å². The molecule has 0 aliphatic carbocycles. The topological polar surface area (TPSA) is 123 Å². The quantitative estimate of drug-likeness (QED) is 0.712. The fourth-order valence-electron chi connectivity index (χ4n) is 1.81. The van der Waals surface area contributed by atoms with Gasteiger partial charge in [-0.25, -0.2) is 0 Å². The van der Waals surface area contributed by atoms with Gasteiger partial charge < -0.3 is 20.3 Å². The lowest BCUT2D eigenvalue weighted by Crippen LogP contribution is -2.44. The van der Waals surface area contributed by atoms with Gasteiger partial charge in [0.1, 0.15) is 0 Å². The molecule has 0 spiro atoms. The molecule has 118 valence electrons. The molecule has 1 atom stereocenters. The Bertz CT molecular complexity index is 486. The van der Waals surface area contributed by atoms with Crippen LogP contribution in [0.25, 0.3) is 0 Å². The van der Waals surface area contributed by atoms with E-state index in [-0.39, 0.29) is 6.54 Å². The Morgan fingerprint density at radius 1 is 1.43 bits per heavy atom. The van der Waals surface area contributed by atoms with E-state index < -0.39 is 24.3 Å². The number of carboxylic acids is 1. The first-order valence-corrected chi connectivity index (χ1v) is 6.91. The average molecular weight is 298 g/mol. The number of nitrogens with two attached hydrogens (primary N) is 1. The van der Waals surface area contributed by atoms with E-state index in [1.165, 1.54) is 4.90 Å². The summed E-state index contributed by atoms with van der Waals surface area (Å²) in [6.45, 7) is 6.40. The minimum absolute atomic E-state index is 0.157. The predicted molar refractivity (Wildman–Crippen MR) is 74.2 cm³/mol. The van der Waals surface area contributed by atoms with Gasteiger partial charge in [-0.3, -0.25) is 9.59 Å². The molecule has 1 aromatic rings. The molecular formula is C13H22N4O4. The SMILES string of the molecule is CCN(Cc1noc(CC(C)C)n1)C(=O)[C@@H](N)CC(=O)O. The number of rotatable bonds is 8. The summed E-state index contributed by atoms with van der Waals surface area (Å²) in [5, 5.41) is 12.5. The maximum Gasteiger partial charge on any atom is 0.305 e. The largest absolute Gasteiger partial charge is 0.481 e. The summed E-state index contributed by atoms with van der Waals surface area (Å²) >= 11 is 0. The van der Waals surface area contributed by atoms with E-state index in [0.717, 1.165) is 0 Å². The average Bonchev–Trinajstić information content (AvgIpc) is 2.80. The van der Waals surface area contributed by atoms with Gasteiger partial charge in [0.2, 0.25) is 11.8 Å². The first-order valence-electron chi connectivity index (χ1n) is 6.91. The van der Waals surface area contributed by atoms with Gasteiger partial charge in [-0.05, 0) is 12.8 Å². The molecule has 21 heavy (non-hydrogen) atoms. The molecule has 8 heteroatoms. The summed E-state index contributed by atoms with van der Waals surface area (Å²) in [5.41, 5.74) is 5.58. The number of amides is 1. The summed E-state index contributed by atoms with van der Waals surface area (Å²) < 4.78 is 5.10. The standard InChI is InChI=1S/C13H22N4O4/c1-4-17(13(20)9(14)6-12(18)19)7-10-15-11(21-16-10)5-8(2)3/h8-9H,4-7,14H2,1-3H3,(H,18,19)/t9-/m0/s1. The van der Waals surface area contributed by atoms with Crippen LogP contribution >= 0.6 is 0 Å². The number of hydrogen-bond acceptors (Lipinski definition) is 6. The highest BCUT2D eigenvalue weighted by Crippen LogP contribution is 2.08. The molecule has 0 aliphatic heterocycles. The van der Waals surface area contributed by atoms with Gasteiger partial charge in [0.15, 0.2) is 5.82 Å². The predicted octanol–water partition coefficient (Wildman–Crippen LogP) is 0.419. The zero-order chi connectivity index (χ0) is 16.0. The third-order valence-electron chi connectivity index (χ3n) is 2.83. The molecule has 0 saturated carbocycles. The zero-order valence-electron chi connectivity index (χ0n) is 12.6. The van der Waals surface area contributed by atoms with Crippen molar-refractivity contribution in [1.29, 1.82) is 0 Å². The first kappa shape index (κ1) is 17.1. The molecule has 1 rings (SSSR count). The minimum Gasteiger partial charge on any atom is -0.481 e. The van der Waals surface area contributed by atoms with Crippen LogP contribution in [0.2, 0.25) is 0 Å². The van der Waals surface area contributed by atoms with E-state index in [9.17, 15) is 9.59 Å². The number of carbonyl (C=O) groups excluding carboxylic acids is 1. The van der Waals surface area contributed by atoms with Gasteiger partial charge in [0.25, 0.3) is 0 Å². The molecule has 0 radical (unpaired) electrons. The van der Waals surface area contributed by atoms with Crippen molar-refractivity contribution < 1.29 is 19.2 Å². The number of likely N-dealkylation sites (N-methyl/N-ethyl adjacent to an activating group) is 1. The van der Waals surface area contributed by atoms with Gasteiger partial charge in [-0.1, -0.05) is 19.0 Å². The maximum atomic E-state index is 12.1. The summed E-state index contributed by atoms with van der Waals surface area (Å²) in [4.78, 5) is 28.3. The Hall–Kier alpha value is -1.96. The van der Waals surface area contributed by atoms with Crippen molar-refractivity contribution in [1.82, 2.24) is 15.0 Å². The fraction of sp³-hybridized carbons (Fsp3) is 0.692. The van der Waals surface area contributed by atoms with Gasteiger partial charge in [-0.2, -0.15) is 4.98 Å². The molecule has 0 unspecified atom stereocenters. The first-order chi connectivity index (χ1) is 9.83. The van der Waals surface area contributed by atoms with Crippen LogP contribution in [0.15, 0.2) is 4.52 Å². The fourth-order valence-corrected chi connectivity index (χ4v) is 1.81. The van der Waals surface area contributed by atoms with E-state index >= 15 is 0 Å². The van der Waals surface area contributed by atoms with Crippen LogP contribution in [-0.4, -0.2) is 44.6 Å². The number of carboxylic acid groups (broad SMARTS) is 1. The van der Waals surface area contributed by atoms with Crippen molar-refractivity contribution in [3.63, 3.8) is 0 Å². The summed E-state index contributed by atoms with van der Waals surface area (Å²) in [6, 6.07) is -1.07. The molecule has 0 fully saturated rings. The second-order valence-electron chi connectivity index (χ2n) is 5.26. The summed E-state index contributed by atoms with van der Waals surface area (Å²) in [7, 11) is 0. The van der Waals surface area contributed by atoms with Crippen molar-refractivity contribution in [3.05, 3.63) is 11.7 Å². The van der Waals surface area contributed by atoms with Crippen molar-refractivity contribution in [2.24, 2.45) is 11.7 Å². The van der Waals surface area contributed by atoms with E-state index in [1.807, 2.05) is 13.8 Å². The zero-order valence-corrected chi connectivity index (χ0v) is 12.6. The molecule has 0 aliphatic rings. The number of aliphatic carboxylic acids is 1. The van der Waals surface area contributed by atoms with Gasteiger partial charge in [0.05, 0.1) is 19.0 Å². The Morgan fingerprint density at radius 3 is 2.62 bits per heavy atom.